The zero-order valence-electron chi connectivity index (χ0n) is 11.4. The van der Waals surface area contributed by atoms with Gasteiger partial charge in [0.05, 0.1) is 12.6 Å². The van der Waals surface area contributed by atoms with Gasteiger partial charge in [0.15, 0.2) is 0 Å². The molecule has 0 saturated heterocycles. The minimum atomic E-state index is -0.430. The van der Waals surface area contributed by atoms with Crippen molar-refractivity contribution in [3.05, 3.63) is 48.3 Å². The molecule has 0 aliphatic carbocycles. The summed E-state index contributed by atoms with van der Waals surface area (Å²) in [6.07, 6.45) is 3.16. The van der Waals surface area contributed by atoms with E-state index in [0.29, 0.717) is 19.7 Å². The van der Waals surface area contributed by atoms with Crippen LogP contribution in [-0.4, -0.2) is 45.6 Å². The highest BCUT2D eigenvalue weighted by atomic mass is 16.5. The van der Waals surface area contributed by atoms with Gasteiger partial charge in [-0.15, -0.1) is 0 Å². The molecule has 1 atom stereocenters. The van der Waals surface area contributed by atoms with Crippen molar-refractivity contribution in [3.63, 3.8) is 0 Å². The van der Waals surface area contributed by atoms with Crippen LogP contribution in [0.4, 0.5) is 0 Å². The molecule has 106 valence electrons. The first kappa shape index (κ1) is 13.1. The maximum Gasteiger partial charge on any atom is 0.123 e. The van der Waals surface area contributed by atoms with Crippen LogP contribution in [0, 0.1) is 0 Å². The van der Waals surface area contributed by atoms with Gasteiger partial charge in [-0.2, -0.15) is 5.10 Å². The van der Waals surface area contributed by atoms with Gasteiger partial charge in [0.2, 0.25) is 0 Å². The molecule has 5 nitrogen and oxygen atoms in total. The van der Waals surface area contributed by atoms with Gasteiger partial charge in [-0.25, -0.2) is 0 Å². The van der Waals surface area contributed by atoms with Crippen LogP contribution in [-0.2, 0) is 13.1 Å². The van der Waals surface area contributed by atoms with E-state index < -0.39 is 6.10 Å². The molecule has 1 aliphatic rings. The first-order chi connectivity index (χ1) is 9.81. The molecular weight excluding hydrogens is 254 g/mol. The van der Waals surface area contributed by atoms with E-state index in [1.165, 1.54) is 5.56 Å². The van der Waals surface area contributed by atoms with Crippen molar-refractivity contribution in [1.29, 1.82) is 0 Å². The molecule has 0 fully saturated rings. The Morgan fingerprint density at radius 3 is 3.00 bits per heavy atom. The third-order valence-corrected chi connectivity index (χ3v) is 3.46. The number of nitrogens with zero attached hydrogens (tertiary/aromatic N) is 3. The second-order valence-corrected chi connectivity index (χ2v) is 5.07. The number of para-hydroxylation sites is 1. The Kier molecular flexibility index (Phi) is 3.99. The van der Waals surface area contributed by atoms with Crippen molar-refractivity contribution in [3.8, 4) is 5.75 Å². The monoisotopic (exact) mass is 273 g/mol. The molecular formula is C15H19N3O2. The lowest BCUT2D eigenvalue weighted by molar-refractivity contribution is 0.0884. The first-order valence-corrected chi connectivity index (χ1v) is 6.90. The Labute approximate surface area is 118 Å². The predicted octanol–water partition coefficient (Wildman–Crippen LogP) is 1.14. The van der Waals surface area contributed by atoms with Crippen LogP contribution in [0.5, 0.6) is 5.75 Å². The van der Waals surface area contributed by atoms with Crippen LogP contribution >= 0.6 is 0 Å². The van der Waals surface area contributed by atoms with Crippen LogP contribution in [0.15, 0.2) is 42.7 Å². The van der Waals surface area contributed by atoms with Gasteiger partial charge in [-0.3, -0.25) is 9.58 Å². The van der Waals surface area contributed by atoms with Crippen molar-refractivity contribution in [1.82, 2.24) is 14.7 Å². The molecule has 0 unspecified atom stereocenters. The van der Waals surface area contributed by atoms with Crippen LogP contribution in [0.25, 0.3) is 0 Å². The van der Waals surface area contributed by atoms with Crippen molar-refractivity contribution in [2.75, 3.05) is 19.7 Å². The van der Waals surface area contributed by atoms with Crippen LogP contribution in [0.1, 0.15) is 5.56 Å². The number of aliphatic hydroxyl groups excluding tert-OH is 1. The Balaban J connectivity index is 1.60. The van der Waals surface area contributed by atoms with Gasteiger partial charge in [0.25, 0.3) is 0 Å². The summed E-state index contributed by atoms with van der Waals surface area (Å²) in [4.78, 5) is 2.22. The lowest BCUT2D eigenvalue weighted by Crippen LogP contribution is -2.35. The lowest BCUT2D eigenvalue weighted by atomic mass is 10.2. The summed E-state index contributed by atoms with van der Waals surface area (Å²) in [6, 6.07) is 9.95. The lowest BCUT2D eigenvalue weighted by Gasteiger charge is -2.22. The Morgan fingerprint density at radius 1 is 1.25 bits per heavy atom. The number of rotatable bonds is 4. The van der Waals surface area contributed by atoms with E-state index in [2.05, 4.69) is 16.1 Å². The maximum absolute atomic E-state index is 10.2. The molecule has 0 bridgehead atoms. The highest BCUT2D eigenvalue weighted by molar-refractivity contribution is 5.33. The molecule has 1 aromatic carbocycles. The summed E-state index contributed by atoms with van der Waals surface area (Å²) >= 11 is 0. The number of aromatic nitrogens is 2. The molecule has 2 heterocycles. The fourth-order valence-electron chi connectivity index (χ4n) is 2.52. The molecule has 1 N–H and O–H groups in total. The highest BCUT2D eigenvalue weighted by Gasteiger charge is 2.17. The van der Waals surface area contributed by atoms with Crippen LogP contribution < -0.4 is 4.74 Å². The zero-order valence-corrected chi connectivity index (χ0v) is 11.4. The minimum absolute atomic E-state index is 0.430. The molecule has 0 spiro atoms. The number of fused-ring (bicyclic) bond motifs is 1. The van der Waals surface area contributed by atoms with Gasteiger partial charge in [0.1, 0.15) is 12.4 Å². The van der Waals surface area contributed by atoms with E-state index in [9.17, 15) is 5.11 Å². The topological polar surface area (TPSA) is 50.5 Å². The predicted molar refractivity (Wildman–Crippen MR) is 75.4 cm³/mol. The second kappa shape index (κ2) is 6.07. The summed E-state index contributed by atoms with van der Waals surface area (Å²) in [6.45, 7) is 3.44. The number of benzene rings is 1. The summed E-state index contributed by atoms with van der Waals surface area (Å²) in [5.74, 6) is 0.955. The van der Waals surface area contributed by atoms with Gasteiger partial charge in [0, 0.05) is 37.6 Å². The van der Waals surface area contributed by atoms with E-state index in [0.717, 1.165) is 18.8 Å². The van der Waals surface area contributed by atoms with Crippen molar-refractivity contribution >= 4 is 0 Å². The average molecular weight is 273 g/mol. The van der Waals surface area contributed by atoms with E-state index >= 15 is 0 Å². The molecule has 0 radical (unpaired) electrons. The third-order valence-electron chi connectivity index (χ3n) is 3.46. The SMILES string of the molecule is O[C@@H](CN1CCOc2ccccc2C1)Cn1cccn1. The Hall–Kier alpha value is -1.85. The minimum Gasteiger partial charge on any atom is -0.492 e. The first-order valence-electron chi connectivity index (χ1n) is 6.90. The number of ether oxygens (including phenoxy) is 1. The van der Waals surface area contributed by atoms with E-state index in [1.54, 1.807) is 10.9 Å². The molecule has 0 saturated carbocycles. The molecule has 5 heteroatoms. The van der Waals surface area contributed by atoms with E-state index in [-0.39, 0.29) is 0 Å². The fraction of sp³-hybridized carbons (Fsp3) is 0.400. The molecule has 0 amide bonds. The summed E-state index contributed by atoms with van der Waals surface area (Å²) in [5, 5.41) is 14.3. The van der Waals surface area contributed by atoms with Crippen molar-refractivity contribution in [2.45, 2.75) is 19.2 Å². The normalized spacial score (nSPS) is 17.1. The van der Waals surface area contributed by atoms with Crippen LogP contribution in [0.3, 0.4) is 0 Å². The molecule has 1 aliphatic heterocycles. The van der Waals surface area contributed by atoms with E-state index in [4.69, 9.17) is 4.74 Å². The third kappa shape index (κ3) is 3.18. The zero-order chi connectivity index (χ0) is 13.8. The van der Waals surface area contributed by atoms with Gasteiger partial charge in [-0.05, 0) is 12.1 Å². The smallest absolute Gasteiger partial charge is 0.123 e. The Morgan fingerprint density at radius 2 is 2.15 bits per heavy atom. The molecule has 2 aromatic rings. The number of β-amino-alcohol motifs (C(OH)–C–C–N with tert-alkyl or cyclic N) is 1. The summed E-state index contributed by atoms with van der Waals surface area (Å²) in [7, 11) is 0. The van der Waals surface area contributed by atoms with Crippen molar-refractivity contribution in [2.24, 2.45) is 0 Å². The summed E-state index contributed by atoms with van der Waals surface area (Å²) < 4.78 is 7.48. The van der Waals surface area contributed by atoms with Gasteiger partial charge >= 0.3 is 0 Å². The molecule has 3 rings (SSSR count). The van der Waals surface area contributed by atoms with Crippen molar-refractivity contribution < 1.29 is 9.84 Å². The maximum atomic E-state index is 10.2. The number of aliphatic hydroxyl groups is 1. The van der Waals surface area contributed by atoms with E-state index in [1.807, 2.05) is 30.5 Å². The second-order valence-electron chi connectivity index (χ2n) is 5.07. The summed E-state index contributed by atoms with van der Waals surface area (Å²) in [5.41, 5.74) is 1.18. The average Bonchev–Trinajstić information content (AvgIpc) is 2.85. The van der Waals surface area contributed by atoms with Gasteiger partial charge < -0.3 is 9.84 Å². The number of hydrogen-bond acceptors (Lipinski definition) is 4. The Bertz CT molecular complexity index is 542. The largest absolute Gasteiger partial charge is 0.492 e. The fourth-order valence-corrected chi connectivity index (χ4v) is 2.52. The quantitative estimate of drug-likeness (QED) is 0.907. The highest BCUT2D eigenvalue weighted by Crippen LogP contribution is 2.22. The van der Waals surface area contributed by atoms with Crippen LogP contribution in [0.2, 0.25) is 0 Å². The number of hydrogen-bond donors (Lipinski definition) is 1. The molecule has 1 aromatic heterocycles. The van der Waals surface area contributed by atoms with Gasteiger partial charge in [-0.1, -0.05) is 18.2 Å². The molecule has 20 heavy (non-hydrogen) atoms. The standard InChI is InChI=1S/C15H19N3O2/c19-14(12-18-7-3-6-16-18)11-17-8-9-20-15-5-2-1-4-13(15)10-17/h1-7,14,19H,8-12H2/t14-/m0/s1.